The molecule has 0 fully saturated rings. The summed E-state index contributed by atoms with van der Waals surface area (Å²) in [6, 6.07) is 9.06. The maximum absolute atomic E-state index is 5.35. The first-order valence-corrected chi connectivity index (χ1v) is 5.05. The van der Waals surface area contributed by atoms with Gasteiger partial charge < -0.3 is 5.32 Å². The molecule has 2 unspecified atom stereocenters. The van der Waals surface area contributed by atoms with Crippen LogP contribution in [0.1, 0.15) is 23.5 Å². The highest BCUT2D eigenvalue weighted by atomic mass is 14.9. The van der Waals surface area contributed by atoms with Crippen LogP contribution in [0.4, 0.5) is 0 Å². The minimum absolute atomic E-state index is 0.440. The fourth-order valence-electron chi connectivity index (χ4n) is 2.23. The van der Waals surface area contributed by atoms with Crippen LogP contribution in [0.2, 0.25) is 0 Å². The van der Waals surface area contributed by atoms with Crippen molar-refractivity contribution in [1.29, 1.82) is 0 Å². The topological polar surface area (TPSA) is 12.0 Å². The van der Waals surface area contributed by atoms with Crippen molar-refractivity contribution in [2.24, 2.45) is 0 Å². The van der Waals surface area contributed by atoms with E-state index in [4.69, 9.17) is 6.42 Å². The zero-order valence-corrected chi connectivity index (χ0v) is 8.46. The van der Waals surface area contributed by atoms with Crippen LogP contribution in [-0.2, 0) is 6.42 Å². The molecule has 0 spiro atoms. The van der Waals surface area contributed by atoms with Gasteiger partial charge in [0.05, 0.1) is 0 Å². The minimum Gasteiger partial charge on any atom is -0.315 e. The molecule has 0 bridgehead atoms. The summed E-state index contributed by atoms with van der Waals surface area (Å²) >= 11 is 0. The van der Waals surface area contributed by atoms with Crippen LogP contribution in [0, 0.1) is 12.3 Å². The monoisotopic (exact) mass is 185 g/mol. The molecule has 0 aliphatic heterocycles. The fraction of sp³-hybridized carbons (Fsp3) is 0.385. The Morgan fingerprint density at radius 3 is 3.00 bits per heavy atom. The van der Waals surface area contributed by atoms with Crippen LogP contribution in [0.15, 0.2) is 24.3 Å². The van der Waals surface area contributed by atoms with Crippen molar-refractivity contribution in [2.45, 2.75) is 24.8 Å². The van der Waals surface area contributed by atoms with Gasteiger partial charge >= 0.3 is 0 Å². The third kappa shape index (κ3) is 1.42. The number of rotatable bonds is 3. The normalized spacial score (nSPS) is 20.4. The molecular formula is C13H15N. The second-order valence-electron chi connectivity index (χ2n) is 3.81. The van der Waals surface area contributed by atoms with Gasteiger partial charge in [-0.05, 0) is 24.6 Å². The maximum atomic E-state index is 5.35. The van der Waals surface area contributed by atoms with Crippen molar-refractivity contribution in [3.63, 3.8) is 0 Å². The number of benzene rings is 1. The van der Waals surface area contributed by atoms with E-state index in [1.807, 2.05) is 7.05 Å². The molecule has 0 amide bonds. The Bertz CT molecular complexity index is 362. The lowest BCUT2D eigenvalue weighted by atomic mass is 9.73. The molecule has 1 N–H and O–H groups in total. The van der Waals surface area contributed by atoms with E-state index in [0.29, 0.717) is 12.0 Å². The summed E-state index contributed by atoms with van der Waals surface area (Å²) in [6.45, 7) is 0. The predicted octanol–water partition coefficient (Wildman–Crippen LogP) is 1.94. The number of fused-ring (bicyclic) bond motifs is 1. The molecule has 1 nitrogen and oxygen atoms in total. The summed E-state index contributed by atoms with van der Waals surface area (Å²) in [7, 11) is 1.99. The zero-order chi connectivity index (χ0) is 9.97. The number of terminal acetylenes is 1. The Hall–Kier alpha value is -1.26. The fourth-order valence-corrected chi connectivity index (χ4v) is 2.23. The number of nitrogens with one attached hydrogen (secondary N) is 1. The van der Waals surface area contributed by atoms with Crippen molar-refractivity contribution in [3.05, 3.63) is 35.4 Å². The summed E-state index contributed by atoms with van der Waals surface area (Å²) in [4.78, 5) is 0. The highest BCUT2D eigenvalue weighted by Crippen LogP contribution is 2.37. The van der Waals surface area contributed by atoms with Crippen molar-refractivity contribution < 1.29 is 0 Å². The first kappa shape index (κ1) is 9.30. The van der Waals surface area contributed by atoms with Crippen LogP contribution >= 0.6 is 0 Å². The lowest BCUT2D eigenvalue weighted by Gasteiger charge is -2.35. The van der Waals surface area contributed by atoms with E-state index in [1.54, 1.807) is 0 Å². The molecule has 1 aliphatic rings. The van der Waals surface area contributed by atoms with Gasteiger partial charge in [-0.2, -0.15) is 0 Å². The second kappa shape index (κ2) is 3.86. The highest BCUT2D eigenvalue weighted by Gasteiger charge is 2.31. The largest absolute Gasteiger partial charge is 0.315 e. The van der Waals surface area contributed by atoms with Gasteiger partial charge in [-0.3, -0.25) is 0 Å². The summed E-state index contributed by atoms with van der Waals surface area (Å²) in [5, 5.41) is 3.30. The third-order valence-corrected chi connectivity index (χ3v) is 3.09. The molecule has 0 saturated carbocycles. The van der Waals surface area contributed by atoms with Crippen LogP contribution in [0.3, 0.4) is 0 Å². The Labute approximate surface area is 85.5 Å². The molecule has 1 aromatic carbocycles. The van der Waals surface area contributed by atoms with E-state index < -0.39 is 0 Å². The SMILES string of the molecule is C#CCC(NC)C1Cc2ccccc21. The Morgan fingerprint density at radius 1 is 1.57 bits per heavy atom. The highest BCUT2D eigenvalue weighted by molar-refractivity contribution is 5.41. The van der Waals surface area contributed by atoms with E-state index >= 15 is 0 Å². The number of hydrogen-bond donors (Lipinski definition) is 1. The van der Waals surface area contributed by atoms with Crippen molar-refractivity contribution in [2.75, 3.05) is 7.05 Å². The summed E-state index contributed by atoms with van der Waals surface area (Å²) in [6.07, 6.45) is 7.34. The number of likely N-dealkylation sites (N-methyl/N-ethyl adjacent to an activating group) is 1. The molecule has 1 aromatic rings. The molecular weight excluding hydrogens is 170 g/mol. The lowest BCUT2D eigenvalue weighted by molar-refractivity contribution is 0.432. The van der Waals surface area contributed by atoms with Crippen LogP contribution in [0.25, 0.3) is 0 Å². The van der Waals surface area contributed by atoms with E-state index in [2.05, 4.69) is 35.5 Å². The van der Waals surface area contributed by atoms with Crippen molar-refractivity contribution in [3.8, 4) is 12.3 Å². The van der Waals surface area contributed by atoms with Gasteiger partial charge in [0.2, 0.25) is 0 Å². The minimum atomic E-state index is 0.440. The number of hydrogen-bond acceptors (Lipinski definition) is 1. The summed E-state index contributed by atoms with van der Waals surface area (Å²) < 4.78 is 0. The first-order valence-electron chi connectivity index (χ1n) is 5.05. The second-order valence-corrected chi connectivity index (χ2v) is 3.81. The van der Waals surface area contributed by atoms with Gasteiger partial charge in [0, 0.05) is 18.4 Å². The molecule has 0 heterocycles. The Morgan fingerprint density at radius 2 is 2.36 bits per heavy atom. The molecule has 0 aromatic heterocycles. The first-order chi connectivity index (χ1) is 6.86. The standard InChI is InChI=1S/C13H15N/c1-3-6-13(14-2)12-9-10-7-4-5-8-11(10)12/h1,4-5,7-8,12-14H,6,9H2,2H3. The van der Waals surface area contributed by atoms with E-state index in [-0.39, 0.29) is 0 Å². The third-order valence-electron chi connectivity index (χ3n) is 3.09. The van der Waals surface area contributed by atoms with Crippen LogP contribution < -0.4 is 5.32 Å². The van der Waals surface area contributed by atoms with Gasteiger partial charge in [-0.25, -0.2) is 0 Å². The lowest BCUT2D eigenvalue weighted by Crippen LogP contribution is -2.37. The molecule has 1 heteroatoms. The predicted molar refractivity (Wildman–Crippen MR) is 59.2 cm³/mol. The van der Waals surface area contributed by atoms with Crippen LogP contribution in [0.5, 0.6) is 0 Å². The average Bonchev–Trinajstić information content (AvgIpc) is 2.18. The molecule has 0 radical (unpaired) electrons. The molecule has 0 saturated heterocycles. The molecule has 2 rings (SSSR count). The van der Waals surface area contributed by atoms with E-state index in [9.17, 15) is 0 Å². The maximum Gasteiger partial charge on any atom is 0.0246 e. The van der Waals surface area contributed by atoms with Gasteiger partial charge in [0.15, 0.2) is 0 Å². The van der Waals surface area contributed by atoms with Gasteiger partial charge in [0.25, 0.3) is 0 Å². The molecule has 2 atom stereocenters. The van der Waals surface area contributed by atoms with Gasteiger partial charge in [-0.1, -0.05) is 24.3 Å². The quantitative estimate of drug-likeness (QED) is 0.710. The Balaban J connectivity index is 2.14. The molecule has 72 valence electrons. The van der Waals surface area contributed by atoms with Gasteiger partial charge in [0.1, 0.15) is 0 Å². The smallest absolute Gasteiger partial charge is 0.0246 e. The van der Waals surface area contributed by atoms with Gasteiger partial charge in [-0.15, -0.1) is 12.3 Å². The molecule has 14 heavy (non-hydrogen) atoms. The molecule has 1 aliphatic carbocycles. The van der Waals surface area contributed by atoms with E-state index in [0.717, 1.165) is 6.42 Å². The van der Waals surface area contributed by atoms with Crippen LogP contribution in [-0.4, -0.2) is 13.1 Å². The summed E-state index contributed by atoms with van der Waals surface area (Å²) in [5.74, 6) is 3.35. The van der Waals surface area contributed by atoms with E-state index in [1.165, 1.54) is 17.5 Å². The Kier molecular flexibility index (Phi) is 2.56. The van der Waals surface area contributed by atoms with Crippen molar-refractivity contribution in [1.82, 2.24) is 5.32 Å². The zero-order valence-electron chi connectivity index (χ0n) is 8.46. The van der Waals surface area contributed by atoms with Crippen molar-refractivity contribution >= 4 is 0 Å². The summed E-state index contributed by atoms with van der Waals surface area (Å²) in [5.41, 5.74) is 2.96. The average molecular weight is 185 g/mol.